The predicted molar refractivity (Wildman–Crippen MR) is 174 cm³/mol. The van der Waals surface area contributed by atoms with Crippen LogP contribution in [0.15, 0.2) is 60.7 Å². The monoisotopic (exact) mass is 696 g/mol. The van der Waals surface area contributed by atoms with Crippen LogP contribution in [0, 0.1) is 0 Å². The lowest BCUT2D eigenvalue weighted by Gasteiger charge is -2.28. The normalized spacial score (nSPS) is 15.7. The van der Waals surface area contributed by atoms with E-state index < -0.39 is 38.7 Å². The molecule has 0 saturated carbocycles. The zero-order valence-corrected chi connectivity index (χ0v) is 27.7. The van der Waals surface area contributed by atoms with Gasteiger partial charge in [0, 0.05) is 39.2 Å². The first kappa shape index (κ1) is 33.8. The van der Waals surface area contributed by atoms with Gasteiger partial charge in [-0.2, -0.15) is 0 Å². The number of nitrogens with one attached hydrogen (secondary N) is 2. The number of carbonyl (C=O) groups is 1. The number of benzene rings is 3. The van der Waals surface area contributed by atoms with Gasteiger partial charge in [-0.05, 0) is 91.4 Å². The lowest BCUT2D eigenvalue weighted by atomic mass is 9.78. The van der Waals surface area contributed by atoms with Crippen LogP contribution in [0.2, 0.25) is 5.02 Å². The minimum Gasteiger partial charge on any atom is -0.491 e. The number of ether oxygens (including phenoxy) is 3. The molecule has 246 valence electrons. The standard InChI is InChI=1S/C32H32ClF3N2O6S2/c1-18(2)43-25-13-21(14-26(16-25)44-32(34,35)36)31(3,4)20-11-22(33)15-24(12-20)37-30(39)29-10-19-9-23(5-6-28(19)45-29)38-46(40,41)27-7-8-42-17-27/h5-6,9-16,18,27,38H,7-8,17H2,1-4H3,(H,37,39). The first-order valence-electron chi connectivity index (χ1n) is 14.3. The zero-order chi connectivity index (χ0) is 33.4. The Morgan fingerprint density at radius 1 is 1.00 bits per heavy atom. The number of rotatable bonds is 10. The van der Waals surface area contributed by atoms with Gasteiger partial charge < -0.3 is 19.5 Å². The SMILES string of the molecule is CC(C)Oc1cc(OC(F)(F)F)cc(C(C)(C)c2cc(Cl)cc(NC(=O)c3cc4cc(NS(=O)(=O)C5CCOC5)ccc4s3)c2)c1. The molecule has 3 aromatic carbocycles. The molecule has 14 heteroatoms. The van der Waals surface area contributed by atoms with E-state index in [0.717, 1.165) is 4.70 Å². The molecule has 1 aromatic heterocycles. The average molecular weight is 697 g/mol. The second-order valence-electron chi connectivity index (χ2n) is 11.7. The second kappa shape index (κ2) is 12.9. The van der Waals surface area contributed by atoms with E-state index in [0.29, 0.717) is 50.8 Å². The quantitative estimate of drug-likeness (QED) is 0.173. The van der Waals surface area contributed by atoms with Crippen molar-refractivity contribution in [2.75, 3.05) is 23.3 Å². The van der Waals surface area contributed by atoms with Gasteiger partial charge in [-0.15, -0.1) is 24.5 Å². The summed E-state index contributed by atoms with van der Waals surface area (Å²) in [5, 5.41) is 3.23. The molecule has 1 saturated heterocycles. The zero-order valence-electron chi connectivity index (χ0n) is 25.3. The minimum absolute atomic E-state index is 0.148. The summed E-state index contributed by atoms with van der Waals surface area (Å²) in [6.45, 7) is 7.70. The molecule has 1 unspecified atom stereocenters. The second-order valence-corrected chi connectivity index (χ2v) is 15.2. The van der Waals surface area contributed by atoms with Crippen molar-refractivity contribution in [1.29, 1.82) is 0 Å². The molecule has 1 aliphatic heterocycles. The summed E-state index contributed by atoms with van der Waals surface area (Å²) in [5.41, 5.74) is 0.969. The Kier molecular flexibility index (Phi) is 9.52. The maximum absolute atomic E-state index is 13.3. The maximum Gasteiger partial charge on any atom is 0.573 e. The van der Waals surface area contributed by atoms with Crippen molar-refractivity contribution in [3.63, 3.8) is 0 Å². The molecule has 8 nitrogen and oxygen atoms in total. The van der Waals surface area contributed by atoms with Crippen molar-refractivity contribution < 1.29 is 40.6 Å². The Hall–Kier alpha value is -3.52. The van der Waals surface area contributed by atoms with Crippen LogP contribution in [0.5, 0.6) is 11.5 Å². The fraction of sp³-hybridized carbons (Fsp3) is 0.344. The molecule has 0 aliphatic carbocycles. The highest BCUT2D eigenvalue weighted by molar-refractivity contribution is 7.93. The fourth-order valence-corrected chi connectivity index (χ4v) is 7.55. The van der Waals surface area contributed by atoms with Crippen molar-refractivity contribution in [2.24, 2.45) is 0 Å². The van der Waals surface area contributed by atoms with E-state index in [2.05, 4.69) is 14.8 Å². The molecular weight excluding hydrogens is 665 g/mol. The number of alkyl halides is 3. The number of fused-ring (bicyclic) bond motifs is 1. The van der Waals surface area contributed by atoms with Crippen LogP contribution in [0.3, 0.4) is 0 Å². The van der Waals surface area contributed by atoms with E-state index in [4.69, 9.17) is 21.1 Å². The van der Waals surface area contributed by atoms with Crippen LogP contribution in [-0.2, 0) is 20.2 Å². The molecule has 1 aliphatic rings. The van der Waals surface area contributed by atoms with Gasteiger partial charge in [0.2, 0.25) is 10.0 Å². The molecule has 0 spiro atoms. The number of hydrogen-bond acceptors (Lipinski definition) is 7. The molecule has 0 bridgehead atoms. The van der Waals surface area contributed by atoms with E-state index in [-0.39, 0.29) is 18.5 Å². The van der Waals surface area contributed by atoms with Gasteiger partial charge in [0.1, 0.15) is 16.7 Å². The molecule has 4 aromatic rings. The summed E-state index contributed by atoms with van der Waals surface area (Å²) < 4.78 is 83.2. The van der Waals surface area contributed by atoms with Gasteiger partial charge in [-0.1, -0.05) is 25.4 Å². The molecular formula is C32H32ClF3N2O6S2. The topological polar surface area (TPSA) is 103 Å². The smallest absolute Gasteiger partial charge is 0.491 e. The Bertz CT molecular complexity index is 1870. The van der Waals surface area contributed by atoms with E-state index in [1.54, 1.807) is 62.4 Å². The summed E-state index contributed by atoms with van der Waals surface area (Å²) in [6.07, 6.45) is -4.75. The Morgan fingerprint density at radius 3 is 2.39 bits per heavy atom. The fourth-order valence-electron chi connectivity index (χ4n) is 5.07. The van der Waals surface area contributed by atoms with Crippen molar-refractivity contribution in [1.82, 2.24) is 0 Å². The summed E-state index contributed by atoms with van der Waals surface area (Å²) >= 11 is 7.70. The summed E-state index contributed by atoms with van der Waals surface area (Å²) in [4.78, 5) is 13.7. The van der Waals surface area contributed by atoms with Crippen LogP contribution in [-0.4, -0.2) is 45.3 Å². The largest absolute Gasteiger partial charge is 0.573 e. The van der Waals surface area contributed by atoms with Crippen LogP contribution in [0.1, 0.15) is 54.9 Å². The maximum atomic E-state index is 13.3. The van der Waals surface area contributed by atoms with Crippen LogP contribution >= 0.6 is 22.9 Å². The van der Waals surface area contributed by atoms with Crippen molar-refractivity contribution >= 4 is 60.3 Å². The van der Waals surface area contributed by atoms with Crippen LogP contribution in [0.4, 0.5) is 24.5 Å². The molecule has 5 rings (SSSR count). The Balaban J connectivity index is 1.39. The van der Waals surface area contributed by atoms with Crippen LogP contribution < -0.4 is 19.5 Å². The lowest BCUT2D eigenvalue weighted by molar-refractivity contribution is -0.274. The number of thiophene rings is 1. The highest BCUT2D eigenvalue weighted by atomic mass is 35.5. The van der Waals surface area contributed by atoms with Crippen molar-refractivity contribution in [3.05, 3.63) is 81.7 Å². The van der Waals surface area contributed by atoms with Crippen molar-refractivity contribution in [2.45, 2.75) is 57.2 Å². The van der Waals surface area contributed by atoms with E-state index >= 15 is 0 Å². The van der Waals surface area contributed by atoms with E-state index in [1.807, 2.05) is 13.8 Å². The van der Waals surface area contributed by atoms with Crippen molar-refractivity contribution in [3.8, 4) is 11.5 Å². The lowest BCUT2D eigenvalue weighted by Crippen LogP contribution is -2.27. The van der Waals surface area contributed by atoms with Crippen LogP contribution in [0.25, 0.3) is 10.1 Å². The summed E-state index contributed by atoms with van der Waals surface area (Å²) in [5.74, 6) is -0.619. The highest BCUT2D eigenvalue weighted by Crippen LogP contribution is 2.40. The third-order valence-electron chi connectivity index (χ3n) is 7.41. The van der Waals surface area contributed by atoms with E-state index in [9.17, 15) is 26.4 Å². The number of hydrogen-bond donors (Lipinski definition) is 2. The van der Waals surface area contributed by atoms with Gasteiger partial charge in [-0.3, -0.25) is 9.52 Å². The summed E-state index contributed by atoms with van der Waals surface area (Å²) in [7, 11) is -3.62. The number of carbonyl (C=O) groups excluding carboxylic acids is 1. The van der Waals surface area contributed by atoms with Gasteiger partial charge >= 0.3 is 6.36 Å². The molecule has 2 heterocycles. The molecule has 1 atom stereocenters. The number of anilines is 2. The first-order valence-corrected chi connectivity index (χ1v) is 17.1. The van der Waals surface area contributed by atoms with E-state index in [1.165, 1.54) is 23.5 Å². The average Bonchev–Trinajstić information content (AvgIpc) is 3.62. The molecule has 46 heavy (non-hydrogen) atoms. The third kappa shape index (κ3) is 8.06. The Morgan fingerprint density at radius 2 is 1.72 bits per heavy atom. The number of sulfonamides is 1. The Labute approximate surface area is 273 Å². The molecule has 0 radical (unpaired) electrons. The van der Waals surface area contributed by atoms with Gasteiger partial charge in [0.25, 0.3) is 5.91 Å². The third-order valence-corrected chi connectivity index (χ3v) is 10.5. The molecule has 2 N–H and O–H groups in total. The van der Waals surface area contributed by atoms with Gasteiger partial charge in [0.05, 0.1) is 17.6 Å². The predicted octanol–water partition coefficient (Wildman–Crippen LogP) is 8.35. The minimum atomic E-state index is -4.89. The molecule has 1 fully saturated rings. The van der Waals surface area contributed by atoms with Gasteiger partial charge in [0.15, 0.2) is 0 Å². The summed E-state index contributed by atoms with van der Waals surface area (Å²) in [6, 6.07) is 15.8. The van der Waals surface area contributed by atoms with Gasteiger partial charge in [-0.25, -0.2) is 8.42 Å². The number of amides is 1. The molecule has 1 amide bonds. The highest BCUT2D eigenvalue weighted by Gasteiger charge is 2.33. The number of halogens is 4. The first-order chi connectivity index (χ1) is 21.5.